The van der Waals surface area contributed by atoms with Crippen LogP contribution in [0.25, 0.3) is 0 Å². The summed E-state index contributed by atoms with van der Waals surface area (Å²) in [6, 6.07) is 0. The number of halogens is 3. The number of carboxylic acid groups (broad SMARTS) is 1. The van der Waals surface area contributed by atoms with Gasteiger partial charge in [-0.05, 0) is 13.8 Å². The van der Waals surface area contributed by atoms with Gasteiger partial charge in [0.1, 0.15) is 5.92 Å². The van der Waals surface area contributed by atoms with Crippen LogP contribution in [0.4, 0.5) is 13.2 Å². The number of rotatable bonds is 4. The number of carbonyl (C=O) groups excluding carboxylic acids is 1. The predicted octanol–water partition coefficient (Wildman–Crippen LogP) is 0.137. The van der Waals surface area contributed by atoms with Gasteiger partial charge in [0.15, 0.2) is 5.60 Å². The summed E-state index contributed by atoms with van der Waals surface area (Å²) in [4.78, 5) is 21.3. The van der Waals surface area contributed by atoms with Crippen LogP contribution in [-0.2, 0) is 9.59 Å². The van der Waals surface area contributed by atoms with Crippen LogP contribution < -0.4 is 5.32 Å². The zero-order valence-corrected chi connectivity index (χ0v) is 8.63. The van der Waals surface area contributed by atoms with Gasteiger partial charge in [-0.2, -0.15) is 13.2 Å². The molecule has 5 nitrogen and oxygen atoms in total. The second kappa shape index (κ2) is 4.69. The van der Waals surface area contributed by atoms with Crippen molar-refractivity contribution in [2.75, 3.05) is 6.54 Å². The molecular formula is C8H12F3NO4. The fourth-order valence-electron chi connectivity index (χ4n) is 0.637. The van der Waals surface area contributed by atoms with E-state index >= 15 is 0 Å². The first-order valence-corrected chi connectivity index (χ1v) is 4.28. The van der Waals surface area contributed by atoms with Crippen molar-refractivity contribution in [1.29, 1.82) is 0 Å². The van der Waals surface area contributed by atoms with E-state index in [1.54, 1.807) is 5.32 Å². The molecule has 0 saturated heterocycles. The van der Waals surface area contributed by atoms with E-state index < -0.39 is 36.1 Å². The smallest absolute Gasteiger partial charge is 0.400 e. The van der Waals surface area contributed by atoms with Crippen molar-refractivity contribution >= 4 is 11.9 Å². The van der Waals surface area contributed by atoms with Crippen LogP contribution in [0.15, 0.2) is 0 Å². The average Bonchev–Trinajstić information content (AvgIpc) is 2.11. The van der Waals surface area contributed by atoms with Crippen LogP contribution >= 0.6 is 0 Å². The number of alkyl halides is 3. The first-order chi connectivity index (χ1) is 6.98. The molecule has 0 radical (unpaired) electrons. The van der Waals surface area contributed by atoms with Gasteiger partial charge >= 0.3 is 12.1 Å². The number of aliphatic hydroxyl groups is 1. The Labute approximate surface area is 89.3 Å². The summed E-state index contributed by atoms with van der Waals surface area (Å²) in [6.07, 6.45) is -4.70. The summed E-state index contributed by atoms with van der Waals surface area (Å²) < 4.78 is 36.1. The summed E-state index contributed by atoms with van der Waals surface area (Å²) in [5.74, 6) is -5.27. The lowest BCUT2D eigenvalue weighted by Crippen LogP contribution is -2.49. The normalized spacial score (nSPS) is 17.4. The number of hydrogen-bond acceptors (Lipinski definition) is 3. The van der Waals surface area contributed by atoms with E-state index in [2.05, 4.69) is 0 Å². The number of amides is 1. The maximum Gasteiger partial charge on any atom is 0.400 e. The van der Waals surface area contributed by atoms with Crippen molar-refractivity contribution in [3.8, 4) is 0 Å². The highest BCUT2D eigenvalue weighted by molar-refractivity contribution is 5.81. The van der Waals surface area contributed by atoms with Crippen LogP contribution in [-0.4, -0.2) is 40.4 Å². The Morgan fingerprint density at radius 2 is 1.81 bits per heavy atom. The summed E-state index contributed by atoms with van der Waals surface area (Å²) in [5, 5.41) is 19.3. The third-order valence-corrected chi connectivity index (χ3v) is 1.95. The van der Waals surface area contributed by atoms with Gasteiger partial charge in [-0.25, -0.2) is 4.79 Å². The number of nitrogens with one attached hydrogen (secondary N) is 1. The second-order valence-electron chi connectivity index (χ2n) is 3.56. The standard InChI is InChI=1S/C8H12F3NO4/c1-4(8(9,10)11)5(13)12-3-7(2,16)6(14)15/h4,16H,3H2,1-2H3,(H,12,13)(H,14,15). The van der Waals surface area contributed by atoms with E-state index in [1.807, 2.05) is 0 Å². The zero-order chi connectivity index (χ0) is 13.1. The third kappa shape index (κ3) is 4.05. The minimum absolute atomic E-state index is 0.644. The van der Waals surface area contributed by atoms with Crippen molar-refractivity contribution in [1.82, 2.24) is 5.32 Å². The van der Waals surface area contributed by atoms with Crippen molar-refractivity contribution in [3.63, 3.8) is 0 Å². The Balaban J connectivity index is 4.34. The molecule has 0 aromatic heterocycles. The fourth-order valence-corrected chi connectivity index (χ4v) is 0.637. The number of carboxylic acids is 1. The lowest BCUT2D eigenvalue weighted by Gasteiger charge is -2.20. The van der Waals surface area contributed by atoms with Gasteiger partial charge in [0.2, 0.25) is 5.91 Å². The molecule has 3 N–H and O–H groups in total. The Bertz CT molecular complexity index is 287. The highest BCUT2D eigenvalue weighted by Crippen LogP contribution is 2.25. The highest BCUT2D eigenvalue weighted by atomic mass is 19.4. The van der Waals surface area contributed by atoms with E-state index in [4.69, 9.17) is 10.2 Å². The van der Waals surface area contributed by atoms with E-state index in [0.717, 1.165) is 6.92 Å². The molecule has 1 amide bonds. The summed E-state index contributed by atoms with van der Waals surface area (Å²) in [6.45, 7) is 0.722. The zero-order valence-electron chi connectivity index (χ0n) is 8.63. The first-order valence-electron chi connectivity index (χ1n) is 4.28. The van der Waals surface area contributed by atoms with Gasteiger partial charge in [-0.3, -0.25) is 4.79 Å². The molecule has 0 aromatic carbocycles. The molecule has 0 aliphatic carbocycles. The molecule has 0 aliphatic heterocycles. The Morgan fingerprint density at radius 3 is 2.12 bits per heavy atom. The fraction of sp³-hybridized carbons (Fsp3) is 0.750. The molecule has 0 bridgehead atoms. The topological polar surface area (TPSA) is 86.6 Å². The lowest BCUT2D eigenvalue weighted by atomic mass is 10.1. The Hall–Kier alpha value is -1.31. The van der Waals surface area contributed by atoms with Crippen molar-refractivity contribution < 1.29 is 33.0 Å². The minimum atomic E-state index is -4.70. The van der Waals surface area contributed by atoms with Gasteiger partial charge < -0.3 is 15.5 Å². The van der Waals surface area contributed by atoms with Gasteiger partial charge in [0, 0.05) is 0 Å². The molecule has 8 heteroatoms. The highest BCUT2D eigenvalue weighted by Gasteiger charge is 2.42. The molecular weight excluding hydrogens is 231 g/mol. The van der Waals surface area contributed by atoms with E-state index in [0.29, 0.717) is 6.92 Å². The number of aliphatic carboxylic acids is 1. The van der Waals surface area contributed by atoms with E-state index in [-0.39, 0.29) is 0 Å². The van der Waals surface area contributed by atoms with Crippen LogP contribution in [0.5, 0.6) is 0 Å². The predicted molar refractivity (Wildman–Crippen MR) is 46.5 cm³/mol. The second-order valence-corrected chi connectivity index (χ2v) is 3.56. The quantitative estimate of drug-likeness (QED) is 0.655. The average molecular weight is 243 g/mol. The van der Waals surface area contributed by atoms with Gasteiger partial charge in [0.05, 0.1) is 6.54 Å². The molecule has 0 heterocycles. The van der Waals surface area contributed by atoms with Crippen LogP contribution in [0.3, 0.4) is 0 Å². The molecule has 2 atom stereocenters. The largest absolute Gasteiger partial charge is 0.479 e. The van der Waals surface area contributed by atoms with Crippen LogP contribution in [0.1, 0.15) is 13.8 Å². The van der Waals surface area contributed by atoms with E-state index in [1.165, 1.54) is 0 Å². The Kier molecular flexibility index (Phi) is 4.30. The SMILES string of the molecule is CC(C(=O)NCC(C)(O)C(=O)O)C(F)(F)F. The maximum atomic E-state index is 12.0. The van der Waals surface area contributed by atoms with Crippen LogP contribution in [0, 0.1) is 5.92 Å². The minimum Gasteiger partial charge on any atom is -0.479 e. The maximum absolute atomic E-state index is 12.0. The third-order valence-electron chi connectivity index (χ3n) is 1.95. The molecule has 0 spiro atoms. The van der Waals surface area contributed by atoms with Crippen molar-refractivity contribution in [3.05, 3.63) is 0 Å². The molecule has 2 unspecified atom stereocenters. The van der Waals surface area contributed by atoms with Gasteiger partial charge in [-0.15, -0.1) is 0 Å². The molecule has 0 saturated carbocycles. The van der Waals surface area contributed by atoms with Crippen molar-refractivity contribution in [2.24, 2.45) is 5.92 Å². The van der Waals surface area contributed by atoms with Crippen LogP contribution in [0.2, 0.25) is 0 Å². The number of hydrogen-bond donors (Lipinski definition) is 3. The summed E-state index contributed by atoms with van der Waals surface area (Å²) >= 11 is 0. The molecule has 0 aliphatic rings. The van der Waals surface area contributed by atoms with E-state index in [9.17, 15) is 22.8 Å². The monoisotopic (exact) mass is 243 g/mol. The van der Waals surface area contributed by atoms with Crippen molar-refractivity contribution in [2.45, 2.75) is 25.6 Å². The number of carbonyl (C=O) groups is 2. The molecule has 0 rings (SSSR count). The first kappa shape index (κ1) is 14.7. The molecule has 16 heavy (non-hydrogen) atoms. The summed E-state index contributed by atoms with van der Waals surface area (Å²) in [5.41, 5.74) is -2.29. The van der Waals surface area contributed by atoms with Gasteiger partial charge in [0.25, 0.3) is 0 Å². The lowest BCUT2D eigenvalue weighted by molar-refractivity contribution is -0.179. The Morgan fingerprint density at radius 1 is 1.38 bits per heavy atom. The molecule has 94 valence electrons. The molecule has 0 aromatic rings. The summed E-state index contributed by atoms with van der Waals surface area (Å²) in [7, 11) is 0. The molecule has 0 fully saturated rings. The van der Waals surface area contributed by atoms with Gasteiger partial charge in [-0.1, -0.05) is 0 Å².